The van der Waals surface area contributed by atoms with Gasteiger partial charge in [0.25, 0.3) is 0 Å². The standard InChI is InChI=1S/C11H14N2O/c1-8-7-14-11(13(8)2)9-3-5-10(12)6-4-9/h3-7,11H,12H2,1-2H3. The van der Waals surface area contributed by atoms with Crippen LogP contribution in [-0.4, -0.2) is 11.9 Å². The summed E-state index contributed by atoms with van der Waals surface area (Å²) in [4.78, 5) is 2.09. The summed E-state index contributed by atoms with van der Waals surface area (Å²) in [6.07, 6.45) is 1.77. The summed E-state index contributed by atoms with van der Waals surface area (Å²) in [6.45, 7) is 2.03. The first-order chi connectivity index (χ1) is 6.68. The van der Waals surface area contributed by atoms with Gasteiger partial charge in [-0.1, -0.05) is 12.1 Å². The van der Waals surface area contributed by atoms with Crippen molar-refractivity contribution in [2.45, 2.75) is 13.2 Å². The molecule has 0 radical (unpaired) electrons. The maximum absolute atomic E-state index is 5.62. The molecule has 1 aliphatic heterocycles. The quantitative estimate of drug-likeness (QED) is 0.689. The second-order valence-electron chi connectivity index (χ2n) is 3.53. The van der Waals surface area contributed by atoms with Crippen molar-refractivity contribution in [3.63, 3.8) is 0 Å². The first-order valence-corrected chi connectivity index (χ1v) is 4.59. The SMILES string of the molecule is CC1=COC(c2ccc(N)cc2)N1C. The minimum atomic E-state index is -0.00407. The number of hydrogen-bond acceptors (Lipinski definition) is 3. The molecule has 0 spiro atoms. The van der Waals surface area contributed by atoms with E-state index in [2.05, 4.69) is 4.90 Å². The van der Waals surface area contributed by atoms with E-state index in [0.717, 1.165) is 16.9 Å². The second kappa shape index (κ2) is 3.25. The van der Waals surface area contributed by atoms with Gasteiger partial charge in [-0.15, -0.1) is 0 Å². The third kappa shape index (κ3) is 1.41. The second-order valence-corrected chi connectivity index (χ2v) is 3.53. The Bertz CT molecular complexity index is 356. The van der Waals surface area contributed by atoms with Gasteiger partial charge in [0, 0.05) is 24.0 Å². The van der Waals surface area contributed by atoms with Gasteiger partial charge in [0.15, 0.2) is 6.23 Å². The van der Waals surface area contributed by atoms with Crippen LogP contribution in [0.3, 0.4) is 0 Å². The first kappa shape index (κ1) is 8.94. The zero-order valence-corrected chi connectivity index (χ0v) is 8.40. The fraction of sp³-hybridized carbons (Fsp3) is 0.273. The van der Waals surface area contributed by atoms with Crippen molar-refractivity contribution in [3.8, 4) is 0 Å². The molecule has 0 aromatic heterocycles. The smallest absolute Gasteiger partial charge is 0.197 e. The van der Waals surface area contributed by atoms with Crippen molar-refractivity contribution >= 4 is 5.69 Å². The number of nitrogens with two attached hydrogens (primary N) is 1. The molecular weight excluding hydrogens is 176 g/mol. The molecule has 1 aliphatic rings. The van der Waals surface area contributed by atoms with Crippen molar-refractivity contribution in [1.29, 1.82) is 0 Å². The number of allylic oxidation sites excluding steroid dienone is 1. The van der Waals surface area contributed by atoms with E-state index in [9.17, 15) is 0 Å². The third-order valence-corrected chi connectivity index (χ3v) is 2.50. The molecule has 1 aromatic carbocycles. The third-order valence-electron chi connectivity index (χ3n) is 2.50. The van der Waals surface area contributed by atoms with Gasteiger partial charge in [-0.05, 0) is 19.1 Å². The average molecular weight is 190 g/mol. The normalized spacial score (nSPS) is 20.6. The maximum atomic E-state index is 5.62. The van der Waals surface area contributed by atoms with Crippen LogP contribution in [0, 0.1) is 0 Å². The number of nitrogens with zero attached hydrogens (tertiary/aromatic N) is 1. The van der Waals surface area contributed by atoms with Crippen LogP contribution < -0.4 is 5.73 Å². The lowest BCUT2D eigenvalue weighted by molar-refractivity contribution is 0.0693. The van der Waals surface area contributed by atoms with Crippen LogP contribution in [0.2, 0.25) is 0 Å². The molecule has 0 fully saturated rings. The molecule has 3 heteroatoms. The Morgan fingerprint density at radius 3 is 2.43 bits per heavy atom. The molecular formula is C11H14N2O. The lowest BCUT2D eigenvalue weighted by Crippen LogP contribution is -2.18. The van der Waals surface area contributed by atoms with E-state index >= 15 is 0 Å². The number of ether oxygens (including phenoxy) is 1. The van der Waals surface area contributed by atoms with E-state index in [1.807, 2.05) is 38.2 Å². The van der Waals surface area contributed by atoms with E-state index in [4.69, 9.17) is 10.5 Å². The van der Waals surface area contributed by atoms with Gasteiger partial charge in [-0.3, -0.25) is 0 Å². The summed E-state index contributed by atoms with van der Waals surface area (Å²) in [7, 11) is 2.01. The largest absolute Gasteiger partial charge is 0.472 e. The fourth-order valence-electron chi connectivity index (χ4n) is 1.49. The molecule has 14 heavy (non-hydrogen) atoms. The molecule has 0 saturated heterocycles. The van der Waals surface area contributed by atoms with Gasteiger partial charge in [-0.25, -0.2) is 0 Å². The summed E-state index contributed by atoms with van der Waals surface area (Å²) in [5, 5.41) is 0. The van der Waals surface area contributed by atoms with Gasteiger partial charge >= 0.3 is 0 Å². The molecule has 1 unspecified atom stereocenters. The number of nitrogen functional groups attached to an aromatic ring is 1. The van der Waals surface area contributed by atoms with Gasteiger partial charge in [0.2, 0.25) is 0 Å². The Kier molecular flexibility index (Phi) is 2.08. The molecule has 0 aliphatic carbocycles. The number of rotatable bonds is 1. The van der Waals surface area contributed by atoms with E-state index in [1.165, 1.54) is 0 Å². The van der Waals surface area contributed by atoms with Gasteiger partial charge in [0.1, 0.15) is 6.26 Å². The Morgan fingerprint density at radius 1 is 1.29 bits per heavy atom. The van der Waals surface area contributed by atoms with Crippen LogP contribution in [0.4, 0.5) is 5.69 Å². The highest BCUT2D eigenvalue weighted by atomic mass is 16.5. The highest BCUT2D eigenvalue weighted by Crippen LogP contribution is 2.30. The highest BCUT2D eigenvalue weighted by molar-refractivity contribution is 5.40. The molecule has 3 nitrogen and oxygen atoms in total. The molecule has 2 rings (SSSR count). The lowest BCUT2D eigenvalue weighted by Gasteiger charge is -2.22. The summed E-state index contributed by atoms with van der Waals surface area (Å²) in [6, 6.07) is 7.76. The van der Waals surface area contributed by atoms with Crippen molar-refractivity contribution in [2.75, 3.05) is 12.8 Å². The fourth-order valence-corrected chi connectivity index (χ4v) is 1.49. The molecule has 1 heterocycles. The zero-order chi connectivity index (χ0) is 10.1. The zero-order valence-electron chi connectivity index (χ0n) is 8.40. The van der Waals surface area contributed by atoms with Crippen LogP contribution >= 0.6 is 0 Å². The first-order valence-electron chi connectivity index (χ1n) is 4.59. The maximum Gasteiger partial charge on any atom is 0.197 e. The van der Waals surface area contributed by atoms with Crippen LogP contribution in [0.15, 0.2) is 36.2 Å². The van der Waals surface area contributed by atoms with Crippen molar-refractivity contribution in [2.24, 2.45) is 0 Å². The number of hydrogen-bond donors (Lipinski definition) is 1. The Morgan fingerprint density at radius 2 is 1.93 bits per heavy atom. The topological polar surface area (TPSA) is 38.5 Å². The number of anilines is 1. The average Bonchev–Trinajstić information content (AvgIpc) is 2.50. The Labute approximate surface area is 83.8 Å². The van der Waals surface area contributed by atoms with E-state index in [0.29, 0.717) is 0 Å². The van der Waals surface area contributed by atoms with Crippen LogP contribution in [0.5, 0.6) is 0 Å². The van der Waals surface area contributed by atoms with E-state index < -0.39 is 0 Å². The molecule has 74 valence electrons. The van der Waals surface area contributed by atoms with E-state index in [1.54, 1.807) is 6.26 Å². The van der Waals surface area contributed by atoms with Crippen LogP contribution in [0.25, 0.3) is 0 Å². The van der Waals surface area contributed by atoms with E-state index in [-0.39, 0.29) is 6.23 Å². The predicted molar refractivity (Wildman–Crippen MR) is 56.2 cm³/mol. The molecule has 0 amide bonds. The summed E-state index contributed by atoms with van der Waals surface area (Å²) >= 11 is 0. The van der Waals surface area contributed by atoms with Crippen LogP contribution in [0.1, 0.15) is 18.7 Å². The summed E-state index contributed by atoms with van der Waals surface area (Å²) in [5.74, 6) is 0. The Balaban J connectivity index is 2.22. The molecule has 1 atom stereocenters. The van der Waals surface area contributed by atoms with Crippen molar-refractivity contribution in [3.05, 3.63) is 41.8 Å². The minimum Gasteiger partial charge on any atom is -0.472 e. The minimum absolute atomic E-state index is 0.00407. The molecule has 0 saturated carbocycles. The van der Waals surface area contributed by atoms with Gasteiger partial charge in [0.05, 0.1) is 0 Å². The molecule has 2 N–H and O–H groups in total. The summed E-state index contributed by atoms with van der Waals surface area (Å²) < 4.78 is 5.53. The summed E-state index contributed by atoms with van der Waals surface area (Å²) in [5.41, 5.74) is 8.65. The number of benzene rings is 1. The Hall–Kier alpha value is -1.64. The molecule has 0 bridgehead atoms. The molecule has 1 aromatic rings. The highest BCUT2D eigenvalue weighted by Gasteiger charge is 2.22. The van der Waals surface area contributed by atoms with Crippen molar-refractivity contribution in [1.82, 2.24) is 4.90 Å². The van der Waals surface area contributed by atoms with Crippen LogP contribution in [-0.2, 0) is 4.74 Å². The lowest BCUT2D eigenvalue weighted by atomic mass is 10.1. The van der Waals surface area contributed by atoms with Gasteiger partial charge in [-0.2, -0.15) is 0 Å². The van der Waals surface area contributed by atoms with Crippen molar-refractivity contribution < 1.29 is 4.74 Å². The monoisotopic (exact) mass is 190 g/mol. The predicted octanol–water partition coefficient (Wildman–Crippen LogP) is 2.09. The van der Waals surface area contributed by atoms with Gasteiger partial charge < -0.3 is 15.4 Å².